The fourth-order valence-corrected chi connectivity index (χ4v) is 2.03. The monoisotopic (exact) mass is 313 g/mol. The summed E-state index contributed by atoms with van der Waals surface area (Å²) in [5.41, 5.74) is 1.22. The van der Waals surface area contributed by atoms with Gasteiger partial charge in [-0.3, -0.25) is 0 Å². The Morgan fingerprint density at radius 1 is 1.17 bits per heavy atom. The predicted molar refractivity (Wildman–Crippen MR) is 81.4 cm³/mol. The van der Waals surface area contributed by atoms with Crippen molar-refractivity contribution < 1.29 is 4.74 Å². The summed E-state index contributed by atoms with van der Waals surface area (Å²) in [5.74, 6) is 0.975. The highest BCUT2D eigenvalue weighted by atomic mass is 79.9. The van der Waals surface area contributed by atoms with E-state index in [1.165, 1.54) is 24.8 Å². The Hall–Kier alpha value is -0.540. The molecule has 0 atom stereocenters. The van der Waals surface area contributed by atoms with Crippen LogP contribution in [-0.4, -0.2) is 19.7 Å². The summed E-state index contributed by atoms with van der Waals surface area (Å²) in [6.45, 7) is 7.27. The minimum absolute atomic E-state index is 0.822. The van der Waals surface area contributed by atoms with Crippen LogP contribution in [0.4, 0.5) is 0 Å². The van der Waals surface area contributed by atoms with Crippen molar-refractivity contribution in [1.29, 1.82) is 0 Å². The smallest absolute Gasteiger partial charge is 0.119 e. The lowest BCUT2D eigenvalue weighted by molar-refractivity contribution is 0.304. The molecule has 2 nitrogen and oxygen atoms in total. The molecular formula is C15H24BrNO. The van der Waals surface area contributed by atoms with Crippen LogP contribution in [0.2, 0.25) is 0 Å². The highest BCUT2D eigenvalue weighted by Gasteiger charge is 1.98. The summed E-state index contributed by atoms with van der Waals surface area (Å²) in [6, 6.07) is 6.14. The number of nitrogens with one attached hydrogen (secondary N) is 1. The van der Waals surface area contributed by atoms with E-state index in [9.17, 15) is 0 Å². The van der Waals surface area contributed by atoms with Crippen LogP contribution in [0, 0.1) is 6.92 Å². The second kappa shape index (κ2) is 9.40. The number of ether oxygens (including phenoxy) is 1. The van der Waals surface area contributed by atoms with E-state index in [-0.39, 0.29) is 0 Å². The van der Waals surface area contributed by atoms with Gasteiger partial charge in [0.15, 0.2) is 0 Å². The highest BCUT2D eigenvalue weighted by Crippen LogP contribution is 2.21. The van der Waals surface area contributed by atoms with E-state index in [0.717, 1.165) is 36.3 Å². The third kappa shape index (κ3) is 6.41. The van der Waals surface area contributed by atoms with Gasteiger partial charge in [-0.05, 0) is 56.6 Å². The maximum Gasteiger partial charge on any atom is 0.119 e. The third-order valence-corrected chi connectivity index (χ3v) is 3.79. The van der Waals surface area contributed by atoms with Crippen LogP contribution in [-0.2, 0) is 0 Å². The molecular weight excluding hydrogens is 290 g/mol. The van der Waals surface area contributed by atoms with Gasteiger partial charge in [-0.25, -0.2) is 0 Å². The number of unbranched alkanes of at least 4 members (excludes halogenated alkanes) is 3. The van der Waals surface area contributed by atoms with Gasteiger partial charge in [0, 0.05) is 4.47 Å². The minimum Gasteiger partial charge on any atom is -0.494 e. The molecule has 0 aliphatic heterocycles. The Balaban J connectivity index is 2.05. The Morgan fingerprint density at radius 3 is 2.67 bits per heavy atom. The molecule has 1 N–H and O–H groups in total. The zero-order valence-corrected chi connectivity index (χ0v) is 13.1. The molecule has 0 aliphatic rings. The largest absolute Gasteiger partial charge is 0.494 e. The van der Waals surface area contributed by atoms with E-state index >= 15 is 0 Å². The third-order valence-electron chi connectivity index (χ3n) is 2.90. The second-order valence-electron chi connectivity index (χ2n) is 4.53. The van der Waals surface area contributed by atoms with Crippen molar-refractivity contribution >= 4 is 15.9 Å². The molecule has 18 heavy (non-hydrogen) atoms. The van der Waals surface area contributed by atoms with Crippen LogP contribution < -0.4 is 10.1 Å². The Kier molecular flexibility index (Phi) is 8.10. The topological polar surface area (TPSA) is 21.3 Å². The molecule has 102 valence electrons. The normalized spacial score (nSPS) is 10.6. The van der Waals surface area contributed by atoms with Crippen LogP contribution in [0.15, 0.2) is 22.7 Å². The molecule has 1 aromatic rings. The van der Waals surface area contributed by atoms with E-state index in [1.807, 2.05) is 12.1 Å². The van der Waals surface area contributed by atoms with E-state index < -0.39 is 0 Å². The van der Waals surface area contributed by atoms with Gasteiger partial charge in [0.1, 0.15) is 5.75 Å². The van der Waals surface area contributed by atoms with Crippen molar-refractivity contribution in [2.75, 3.05) is 19.7 Å². The van der Waals surface area contributed by atoms with Gasteiger partial charge < -0.3 is 10.1 Å². The number of rotatable bonds is 9. The molecule has 0 spiro atoms. The van der Waals surface area contributed by atoms with Crippen molar-refractivity contribution in [1.82, 2.24) is 5.32 Å². The van der Waals surface area contributed by atoms with E-state index in [1.54, 1.807) is 0 Å². The first kappa shape index (κ1) is 15.5. The average molecular weight is 314 g/mol. The van der Waals surface area contributed by atoms with E-state index in [0.29, 0.717) is 0 Å². The van der Waals surface area contributed by atoms with E-state index in [2.05, 4.69) is 41.2 Å². The van der Waals surface area contributed by atoms with Crippen LogP contribution in [0.5, 0.6) is 5.75 Å². The van der Waals surface area contributed by atoms with Crippen molar-refractivity contribution in [3.63, 3.8) is 0 Å². The minimum atomic E-state index is 0.822. The molecule has 0 bridgehead atoms. The Bertz CT molecular complexity index is 341. The number of hydrogen-bond acceptors (Lipinski definition) is 2. The van der Waals surface area contributed by atoms with Crippen LogP contribution >= 0.6 is 15.9 Å². The summed E-state index contributed by atoms with van der Waals surface area (Å²) < 4.78 is 6.87. The molecule has 0 fully saturated rings. The van der Waals surface area contributed by atoms with E-state index in [4.69, 9.17) is 4.74 Å². The fourth-order valence-electron chi connectivity index (χ4n) is 1.78. The molecule has 1 rings (SSSR count). The average Bonchev–Trinajstić information content (AvgIpc) is 2.37. The lowest BCUT2D eigenvalue weighted by atomic mass is 10.2. The summed E-state index contributed by atoms with van der Waals surface area (Å²) in [7, 11) is 0. The Labute approximate surface area is 119 Å². The molecule has 0 saturated carbocycles. The van der Waals surface area contributed by atoms with Gasteiger partial charge in [0.25, 0.3) is 0 Å². The van der Waals surface area contributed by atoms with Gasteiger partial charge in [-0.1, -0.05) is 35.7 Å². The fraction of sp³-hybridized carbons (Fsp3) is 0.600. The molecule has 1 aromatic carbocycles. The summed E-state index contributed by atoms with van der Waals surface area (Å²) >= 11 is 3.49. The first-order valence-corrected chi connectivity index (χ1v) is 7.63. The second-order valence-corrected chi connectivity index (χ2v) is 5.38. The van der Waals surface area contributed by atoms with Crippen LogP contribution in [0.3, 0.4) is 0 Å². The van der Waals surface area contributed by atoms with Crippen molar-refractivity contribution in [2.45, 2.75) is 39.5 Å². The van der Waals surface area contributed by atoms with Gasteiger partial charge in [-0.2, -0.15) is 0 Å². The molecule has 0 unspecified atom stereocenters. The van der Waals surface area contributed by atoms with Gasteiger partial charge in [0.05, 0.1) is 6.61 Å². The van der Waals surface area contributed by atoms with Crippen molar-refractivity contribution in [3.8, 4) is 5.75 Å². The van der Waals surface area contributed by atoms with Gasteiger partial charge >= 0.3 is 0 Å². The van der Waals surface area contributed by atoms with Crippen molar-refractivity contribution in [2.24, 2.45) is 0 Å². The highest BCUT2D eigenvalue weighted by molar-refractivity contribution is 9.10. The molecule has 0 aromatic heterocycles. The number of aryl methyl sites for hydroxylation is 1. The number of hydrogen-bond donors (Lipinski definition) is 1. The maximum atomic E-state index is 5.73. The SMILES string of the molecule is CCNCCCCCCOc1ccc(Br)c(C)c1. The predicted octanol–water partition coefficient (Wildman–Crippen LogP) is 4.31. The van der Waals surface area contributed by atoms with Gasteiger partial charge in [-0.15, -0.1) is 0 Å². The van der Waals surface area contributed by atoms with Gasteiger partial charge in [0.2, 0.25) is 0 Å². The summed E-state index contributed by atoms with van der Waals surface area (Å²) in [4.78, 5) is 0. The zero-order chi connectivity index (χ0) is 13.2. The standard InChI is InChI=1S/C15H24BrNO/c1-3-17-10-6-4-5-7-11-18-14-8-9-15(16)13(2)12-14/h8-9,12,17H,3-7,10-11H2,1-2H3. The Morgan fingerprint density at radius 2 is 1.94 bits per heavy atom. The summed E-state index contributed by atoms with van der Waals surface area (Å²) in [6.07, 6.45) is 4.95. The molecule has 0 amide bonds. The number of benzene rings is 1. The lowest BCUT2D eigenvalue weighted by Crippen LogP contribution is -2.13. The summed E-state index contributed by atoms with van der Waals surface area (Å²) in [5, 5.41) is 3.34. The number of halogens is 1. The first-order valence-electron chi connectivity index (χ1n) is 6.83. The lowest BCUT2D eigenvalue weighted by Gasteiger charge is -2.08. The van der Waals surface area contributed by atoms with Crippen molar-refractivity contribution in [3.05, 3.63) is 28.2 Å². The van der Waals surface area contributed by atoms with Crippen LogP contribution in [0.25, 0.3) is 0 Å². The molecule has 3 heteroatoms. The quantitative estimate of drug-likeness (QED) is 0.686. The van der Waals surface area contributed by atoms with Crippen LogP contribution in [0.1, 0.15) is 38.2 Å². The molecule has 0 radical (unpaired) electrons. The molecule has 0 heterocycles. The molecule has 0 saturated heterocycles. The first-order chi connectivity index (χ1) is 8.74. The maximum absolute atomic E-state index is 5.73. The molecule has 0 aliphatic carbocycles. The zero-order valence-electron chi connectivity index (χ0n) is 11.5.